The monoisotopic (exact) mass is 241 g/mol. The Kier molecular flexibility index (Phi) is 5.64. The van der Waals surface area contributed by atoms with E-state index in [2.05, 4.69) is 19.2 Å². The third kappa shape index (κ3) is 4.42. The SMILES string of the molecule is CCNCC(C)COc1ccc(Cl)c(C)c1. The molecule has 1 aromatic rings. The zero-order valence-corrected chi connectivity index (χ0v) is 11.0. The van der Waals surface area contributed by atoms with Crippen molar-refractivity contribution in [3.8, 4) is 5.75 Å². The highest BCUT2D eigenvalue weighted by atomic mass is 35.5. The van der Waals surface area contributed by atoms with E-state index < -0.39 is 0 Å². The molecule has 1 rings (SSSR count). The van der Waals surface area contributed by atoms with E-state index in [1.807, 2.05) is 25.1 Å². The first-order valence-electron chi connectivity index (χ1n) is 5.73. The van der Waals surface area contributed by atoms with Crippen molar-refractivity contribution in [1.29, 1.82) is 0 Å². The summed E-state index contributed by atoms with van der Waals surface area (Å²) < 4.78 is 5.70. The van der Waals surface area contributed by atoms with Crippen molar-refractivity contribution in [1.82, 2.24) is 5.32 Å². The average molecular weight is 242 g/mol. The Morgan fingerprint density at radius 1 is 1.44 bits per heavy atom. The molecule has 0 bridgehead atoms. The lowest BCUT2D eigenvalue weighted by Crippen LogP contribution is -2.24. The highest BCUT2D eigenvalue weighted by Gasteiger charge is 2.03. The third-order valence-corrected chi connectivity index (χ3v) is 2.83. The first-order valence-corrected chi connectivity index (χ1v) is 6.11. The van der Waals surface area contributed by atoms with Gasteiger partial charge in [-0.1, -0.05) is 25.4 Å². The Labute approximate surface area is 103 Å². The van der Waals surface area contributed by atoms with E-state index in [0.29, 0.717) is 5.92 Å². The molecule has 0 heterocycles. The van der Waals surface area contributed by atoms with E-state index in [1.54, 1.807) is 0 Å². The van der Waals surface area contributed by atoms with Gasteiger partial charge >= 0.3 is 0 Å². The van der Waals surface area contributed by atoms with E-state index in [9.17, 15) is 0 Å². The van der Waals surface area contributed by atoms with Crippen LogP contribution in [-0.2, 0) is 0 Å². The molecule has 1 atom stereocenters. The summed E-state index contributed by atoms with van der Waals surface area (Å²) in [6.45, 7) is 8.99. The zero-order valence-electron chi connectivity index (χ0n) is 10.2. The Morgan fingerprint density at radius 3 is 2.81 bits per heavy atom. The van der Waals surface area contributed by atoms with Crippen molar-refractivity contribution in [3.05, 3.63) is 28.8 Å². The van der Waals surface area contributed by atoms with Gasteiger partial charge in [-0.05, 0) is 37.2 Å². The second kappa shape index (κ2) is 6.77. The fraction of sp³-hybridized carbons (Fsp3) is 0.538. The van der Waals surface area contributed by atoms with Crippen molar-refractivity contribution < 1.29 is 4.74 Å². The molecule has 0 aliphatic rings. The van der Waals surface area contributed by atoms with Gasteiger partial charge in [-0.25, -0.2) is 0 Å². The minimum absolute atomic E-state index is 0.510. The average Bonchev–Trinajstić information content (AvgIpc) is 2.28. The number of ether oxygens (including phenoxy) is 1. The summed E-state index contributed by atoms with van der Waals surface area (Å²) in [4.78, 5) is 0. The molecule has 1 unspecified atom stereocenters. The van der Waals surface area contributed by atoms with Gasteiger partial charge in [0.05, 0.1) is 6.61 Å². The molecule has 0 radical (unpaired) electrons. The molecule has 2 nitrogen and oxygen atoms in total. The number of nitrogens with one attached hydrogen (secondary N) is 1. The number of halogens is 1. The van der Waals surface area contributed by atoms with Gasteiger partial charge in [-0.15, -0.1) is 0 Å². The lowest BCUT2D eigenvalue weighted by atomic mass is 10.2. The largest absolute Gasteiger partial charge is 0.493 e. The van der Waals surface area contributed by atoms with Crippen molar-refractivity contribution >= 4 is 11.6 Å². The van der Waals surface area contributed by atoms with Crippen LogP contribution < -0.4 is 10.1 Å². The van der Waals surface area contributed by atoms with E-state index in [4.69, 9.17) is 16.3 Å². The first kappa shape index (κ1) is 13.3. The predicted molar refractivity (Wildman–Crippen MR) is 69.4 cm³/mol. The molecule has 0 aromatic heterocycles. The summed E-state index contributed by atoms with van der Waals surface area (Å²) in [6, 6.07) is 5.76. The summed E-state index contributed by atoms with van der Waals surface area (Å²) in [5, 5.41) is 4.09. The van der Waals surface area contributed by atoms with Crippen LogP contribution in [0.1, 0.15) is 19.4 Å². The summed E-state index contributed by atoms with van der Waals surface area (Å²) >= 11 is 5.95. The smallest absolute Gasteiger partial charge is 0.119 e. The Bertz CT molecular complexity index is 328. The van der Waals surface area contributed by atoms with Gasteiger partial charge in [0.25, 0.3) is 0 Å². The summed E-state index contributed by atoms with van der Waals surface area (Å²) in [5.74, 6) is 1.40. The van der Waals surface area contributed by atoms with Crippen LogP contribution in [0.2, 0.25) is 5.02 Å². The van der Waals surface area contributed by atoms with Crippen LogP contribution >= 0.6 is 11.6 Å². The highest BCUT2D eigenvalue weighted by Crippen LogP contribution is 2.21. The molecule has 0 aliphatic carbocycles. The predicted octanol–water partition coefficient (Wildman–Crippen LogP) is 3.27. The van der Waals surface area contributed by atoms with Crippen molar-refractivity contribution in [2.75, 3.05) is 19.7 Å². The molecule has 3 heteroatoms. The normalized spacial score (nSPS) is 12.5. The van der Waals surface area contributed by atoms with Gasteiger partial charge in [0, 0.05) is 17.5 Å². The minimum Gasteiger partial charge on any atom is -0.493 e. The maximum absolute atomic E-state index is 5.95. The molecule has 0 saturated heterocycles. The number of hydrogen-bond donors (Lipinski definition) is 1. The van der Waals surface area contributed by atoms with E-state index in [-0.39, 0.29) is 0 Å². The van der Waals surface area contributed by atoms with Crippen LogP contribution in [0, 0.1) is 12.8 Å². The minimum atomic E-state index is 0.510. The van der Waals surface area contributed by atoms with Crippen LogP contribution in [-0.4, -0.2) is 19.7 Å². The summed E-state index contributed by atoms with van der Waals surface area (Å²) in [7, 11) is 0. The fourth-order valence-corrected chi connectivity index (χ4v) is 1.51. The molecular weight excluding hydrogens is 222 g/mol. The number of hydrogen-bond acceptors (Lipinski definition) is 2. The van der Waals surface area contributed by atoms with Crippen LogP contribution in [0.5, 0.6) is 5.75 Å². The van der Waals surface area contributed by atoms with Gasteiger partial charge in [-0.3, -0.25) is 0 Å². The highest BCUT2D eigenvalue weighted by molar-refractivity contribution is 6.31. The third-order valence-electron chi connectivity index (χ3n) is 2.41. The second-order valence-corrected chi connectivity index (χ2v) is 4.54. The van der Waals surface area contributed by atoms with Gasteiger partial charge in [-0.2, -0.15) is 0 Å². The van der Waals surface area contributed by atoms with Gasteiger partial charge in [0.1, 0.15) is 5.75 Å². The van der Waals surface area contributed by atoms with Crippen LogP contribution in [0.4, 0.5) is 0 Å². The van der Waals surface area contributed by atoms with Crippen LogP contribution in [0.15, 0.2) is 18.2 Å². The second-order valence-electron chi connectivity index (χ2n) is 4.13. The lowest BCUT2D eigenvalue weighted by Gasteiger charge is -2.13. The first-order chi connectivity index (χ1) is 7.63. The lowest BCUT2D eigenvalue weighted by molar-refractivity contribution is 0.256. The molecule has 0 fully saturated rings. The number of aryl methyl sites for hydroxylation is 1. The summed E-state index contributed by atoms with van der Waals surface area (Å²) in [5.41, 5.74) is 1.05. The Morgan fingerprint density at radius 2 is 2.19 bits per heavy atom. The van der Waals surface area contributed by atoms with E-state index in [1.165, 1.54) is 0 Å². The molecule has 0 aliphatic heterocycles. The molecule has 1 N–H and O–H groups in total. The van der Waals surface area contributed by atoms with Gasteiger partial charge < -0.3 is 10.1 Å². The molecule has 16 heavy (non-hydrogen) atoms. The molecule has 0 spiro atoms. The van der Waals surface area contributed by atoms with Crippen molar-refractivity contribution in [2.24, 2.45) is 5.92 Å². The molecule has 0 saturated carbocycles. The van der Waals surface area contributed by atoms with Gasteiger partial charge in [0.2, 0.25) is 0 Å². The van der Waals surface area contributed by atoms with E-state index in [0.717, 1.165) is 36.0 Å². The maximum atomic E-state index is 5.95. The fourth-order valence-electron chi connectivity index (χ4n) is 1.40. The van der Waals surface area contributed by atoms with Crippen LogP contribution in [0.3, 0.4) is 0 Å². The standard InChI is InChI=1S/C13H20ClNO/c1-4-15-8-10(2)9-16-12-5-6-13(14)11(3)7-12/h5-7,10,15H,4,8-9H2,1-3H3. The van der Waals surface area contributed by atoms with Crippen molar-refractivity contribution in [3.63, 3.8) is 0 Å². The molecular formula is C13H20ClNO. The van der Waals surface area contributed by atoms with E-state index >= 15 is 0 Å². The molecule has 90 valence electrons. The maximum Gasteiger partial charge on any atom is 0.119 e. The molecule has 0 amide bonds. The van der Waals surface area contributed by atoms with Crippen molar-refractivity contribution in [2.45, 2.75) is 20.8 Å². The topological polar surface area (TPSA) is 21.3 Å². The quantitative estimate of drug-likeness (QED) is 0.826. The summed E-state index contributed by atoms with van der Waals surface area (Å²) in [6.07, 6.45) is 0. The number of benzene rings is 1. The molecule has 1 aromatic carbocycles. The number of rotatable bonds is 6. The Balaban J connectivity index is 2.39. The Hall–Kier alpha value is -0.730. The zero-order chi connectivity index (χ0) is 12.0. The van der Waals surface area contributed by atoms with Crippen LogP contribution in [0.25, 0.3) is 0 Å². The van der Waals surface area contributed by atoms with Gasteiger partial charge in [0.15, 0.2) is 0 Å².